The normalized spacial score (nSPS) is 9.85. The fourth-order valence-corrected chi connectivity index (χ4v) is 1.35. The fourth-order valence-electron chi connectivity index (χ4n) is 1.35. The highest BCUT2D eigenvalue weighted by Gasteiger charge is 2.02. The van der Waals surface area contributed by atoms with Gasteiger partial charge in [0, 0.05) is 32.5 Å². The summed E-state index contributed by atoms with van der Waals surface area (Å²) in [6.07, 6.45) is 0.831. The third kappa shape index (κ3) is 2.14. The maximum atomic E-state index is 3.91. The zero-order chi connectivity index (χ0) is 9.84. The number of nitrogens with one attached hydrogen (secondary N) is 1. The molecule has 0 atom stereocenters. The van der Waals surface area contributed by atoms with E-state index in [1.54, 1.807) is 0 Å². The molecule has 2 nitrogen and oxygen atoms in total. The van der Waals surface area contributed by atoms with E-state index in [1.807, 2.05) is 21.1 Å². The van der Waals surface area contributed by atoms with Gasteiger partial charge in [0.1, 0.15) is 0 Å². The van der Waals surface area contributed by atoms with E-state index >= 15 is 0 Å². The smallest absolute Gasteiger partial charge is 0.0414 e. The largest absolute Gasteiger partial charge is 0.388 e. The van der Waals surface area contributed by atoms with Crippen LogP contribution in [0.2, 0.25) is 0 Å². The maximum absolute atomic E-state index is 3.91. The summed E-state index contributed by atoms with van der Waals surface area (Å²) in [6.45, 7) is 3.91. The van der Waals surface area contributed by atoms with Crippen molar-refractivity contribution in [2.75, 3.05) is 31.4 Å². The lowest BCUT2D eigenvalue weighted by Gasteiger charge is -2.17. The van der Waals surface area contributed by atoms with E-state index in [0.717, 1.165) is 12.1 Å². The molecule has 2 heteroatoms. The summed E-state index contributed by atoms with van der Waals surface area (Å²) < 4.78 is 0. The predicted molar refractivity (Wildman–Crippen MR) is 59.4 cm³/mol. The molecule has 1 radical (unpaired) electrons. The third-order valence-corrected chi connectivity index (χ3v) is 2.13. The molecule has 0 bridgehead atoms. The van der Waals surface area contributed by atoms with Gasteiger partial charge < -0.3 is 10.2 Å². The van der Waals surface area contributed by atoms with Crippen LogP contribution in [0.5, 0.6) is 0 Å². The first-order valence-electron chi connectivity index (χ1n) is 4.46. The van der Waals surface area contributed by atoms with E-state index in [1.165, 1.54) is 11.3 Å². The fraction of sp³-hybridized carbons (Fsp3) is 0.364. The standard InChI is InChI=1S/C11H17N2/c1-5-9-6-7-10(12-2)8-11(9)13(3)4/h6-8,12H,1,5H2,2-4H3. The van der Waals surface area contributed by atoms with Gasteiger partial charge in [-0.1, -0.05) is 6.07 Å². The molecule has 0 amide bonds. The Morgan fingerprint density at radius 3 is 2.54 bits per heavy atom. The summed E-state index contributed by atoms with van der Waals surface area (Å²) >= 11 is 0. The number of nitrogens with zero attached hydrogens (tertiary/aromatic N) is 1. The molecule has 0 aromatic heterocycles. The second-order valence-electron chi connectivity index (χ2n) is 3.24. The Morgan fingerprint density at radius 2 is 2.08 bits per heavy atom. The van der Waals surface area contributed by atoms with Gasteiger partial charge in [-0.15, -0.1) is 0 Å². The molecule has 0 unspecified atom stereocenters. The Bertz CT molecular complexity index is 279. The van der Waals surface area contributed by atoms with Crippen LogP contribution in [0, 0.1) is 6.92 Å². The average Bonchev–Trinajstić information content (AvgIpc) is 2.16. The highest BCUT2D eigenvalue weighted by atomic mass is 15.1. The second kappa shape index (κ2) is 4.17. The first kappa shape index (κ1) is 9.90. The topological polar surface area (TPSA) is 15.3 Å². The minimum absolute atomic E-state index is 0.831. The van der Waals surface area contributed by atoms with Crippen molar-refractivity contribution in [3.05, 3.63) is 30.7 Å². The molecule has 0 aliphatic carbocycles. The number of hydrogen-bond acceptors (Lipinski definition) is 2. The van der Waals surface area contributed by atoms with Crippen LogP contribution in [-0.4, -0.2) is 21.1 Å². The Balaban J connectivity index is 3.10. The summed E-state index contributed by atoms with van der Waals surface area (Å²) in [5, 5.41) is 3.13. The maximum Gasteiger partial charge on any atom is 0.0414 e. The van der Waals surface area contributed by atoms with Gasteiger partial charge >= 0.3 is 0 Å². The summed E-state index contributed by atoms with van der Waals surface area (Å²) in [5.41, 5.74) is 3.66. The Labute approximate surface area is 80.6 Å². The predicted octanol–water partition coefficient (Wildman–Crippen LogP) is 2.17. The van der Waals surface area contributed by atoms with E-state index in [9.17, 15) is 0 Å². The molecule has 1 aromatic rings. The third-order valence-electron chi connectivity index (χ3n) is 2.13. The molecule has 0 aliphatic heterocycles. The molecule has 13 heavy (non-hydrogen) atoms. The first-order chi connectivity index (χ1) is 6.19. The van der Waals surface area contributed by atoms with Crippen LogP contribution in [0.3, 0.4) is 0 Å². The van der Waals surface area contributed by atoms with Gasteiger partial charge in [0.25, 0.3) is 0 Å². The number of hydrogen-bond donors (Lipinski definition) is 1. The van der Waals surface area contributed by atoms with Gasteiger partial charge in [0.05, 0.1) is 0 Å². The molecule has 1 rings (SSSR count). The van der Waals surface area contributed by atoms with Gasteiger partial charge in [-0.3, -0.25) is 0 Å². The molecule has 0 saturated carbocycles. The van der Waals surface area contributed by atoms with Crippen molar-refractivity contribution in [3.8, 4) is 0 Å². The van der Waals surface area contributed by atoms with Crippen LogP contribution in [0.4, 0.5) is 11.4 Å². The first-order valence-corrected chi connectivity index (χ1v) is 4.46. The highest BCUT2D eigenvalue weighted by molar-refractivity contribution is 5.62. The quantitative estimate of drug-likeness (QED) is 0.761. The molecular weight excluding hydrogens is 160 g/mol. The van der Waals surface area contributed by atoms with E-state index in [-0.39, 0.29) is 0 Å². The summed E-state index contributed by atoms with van der Waals surface area (Å²) in [4.78, 5) is 2.11. The van der Waals surface area contributed by atoms with Crippen LogP contribution in [0.25, 0.3) is 0 Å². The van der Waals surface area contributed by atoms with Crippen molar-refractivity contribution in [2.24, 2.45) is 0 Å². The average molecular weight is 177 g/mol. The SMILES string of the molecule is [CH2]Cc1ccc(NC)cc1N(C)C. The molecule has 71 valence electrons. The molecule has 1 aromatic carbocycles. The van der Waals surface area contributed by atoms with Crippen LogP contribution in [-0.2, 0) is 6.42 Å². The molecular formula is C11H17N2. The van der Waals surface area contributed by atoms with Crippen molar-refractivity contribution in [3.63, 3.8) is 0 Å². The van der Waals surface area contributed by atoms with Gasteiger partial charge in [-0.05, 0) is 31.0 Å². The molecule has 1 N–H and O–H groups in total. The monoisotopic (exact) mass is 177 g/mol. The van der Waals surface area contributed by atoms with E-state index in [0.29, 0.717) is 0 Å². The lowest BCUT2D eigenvalue weighted by atomic mass is 10.1. The minimum atomic E-state index is 0.831. The van der Waals surface area contributed by atoms with Gasteiger partial charge in [0.15, 0.2) is 0 Å². The lowest BCUT2D eigenvalue weighted by molar-refractivity contribution is 1.09. The molecule has 0 aliphatic rings. The zero-order valence-corrected chi connectivity index (χ0v) is 8.59. The molecule has 0 spiro atoms. The molecule has 0 saturated heterocycles. The number of anilines is 2. The van der Waals surface area contributed by atoms with E-state index in [2.05, 4.69) is 35.3 Å². The molecule has 0 fully saturated rings. The number of rotatable bonds is 3. The highest BCUT2D eigenvalue weighted by Crippen LogP contribution is 2.23. The van der Waals surface area contributed by atoms with E-state index in [4.69, 9.17) is 0 Å². The van der Waals surface area contributed by atoms with Crippen molar-refractivity contribution in [1.82, 2.24) is 0 Å². The second-order valence-corrected chi connectivity index (χ2v) is 3.24. The van der Waals surface area contributed by atoms with Gasteiger partial charge in [-0.25, -0.2) is 0 Å². The van der Waals surface area contributed by atoms with E-state index < -0.39 is 0 Å². The van der Waals surface area contributed by atoms with Gasteiger partial charge in [-0.2, -0.15) is 0 Å². The number of benzene rings is 1. The Hall–Kier alpha value is -1.18. The van der Waals surface area contributed by atoms with Crippen molar-refractivity contribution in [2.45, 2.75) is 6.42 Å². The van der Waals surface area contributed by atoms with Crippen molar-refractivity contribution >= 4 is 11.4 Å². The summed E-state index contributed by atoms with van der Waals surface area (Å²) in [7, 11) is 6.03. The minimum Gasteiger partial charge on any atom is -0.388 e. The lowest BCUT2D eigenvalue weighted by Crippen LogP contribution is -2.11. The van der Waals surface area contributed by atoms with Crippen LogP contribution in [0.1, 0.15) is 5.56 Å². The van der Waals surface area contributed by atoms with Crippen molar-refractivity contribution in [1.29, 1.82) is 0 Å². The van der Waals surface area contributed by atoms with Gasteiger partial charge in [0.2, 0.25) is 0 Å². The zero-order valence-electron chi connectivity index (χ0n) is 8.59. The van der Waals surface area contributed by atoms with Crippen molar-refractivity contribution < 1.29 is 0 Å². The van der Waals surface area contributed by atoms with Crippen LogP contribution >= 0.6 is 0 Å². The van der Waals surface area contributed by atoms with Crippen LogP contribution < -0.4 is 10.2 Å². The van der Waals surface area contributed by atoms with Crippen LogP contribution in [0.15, 0.2) is 18.2 Å². The Kier molecular flexibility index (Phi) is 3.18. The Morgan fingerprint density at radius 1 is 1.38 bits per heavy atom. The summed E-state index contributed by atoms with van der Waals surface area (Å²) in [5.74, 6) is 0. The molecule has 0 heterocycles. The summed E-state index contributed by atoms with van der Waals surface area (Å²) in [6, 6.07) is 6.34.